The van der Waals surface area contributed by atoms with Crippen molar-refractivity contribution in [2.75, 3.05) is 11.4 Å². The summed E-state index contributed by atoms with van der Waals surface area (Å²) in [6.45, 7) is 2.41. The second kappa shape index (κ2) is 6.88. The topological polar surface area (TPSA) is 82.4 Å². The van der Waals surface area contributed by atoms with Gasteiger partial charge < -0.3 is 15.1 Å². The van der Waals surface area contributed by atoms with E-state index in [-0.39, 0.29) is 17.3 Å². The van der Waals surface area contributed by atoms with E-state index in [2.05, 4.69) is 15.2 Å². The van der Waals surface area contributed by atoms with Crippen LogP contribution in [0.1, 0.15) is 36.9 Å². The Balaban J connectivity index is 1.64. The van der Waals surface area contributed by atoms with Gasteiger partial charge in [0.1, 0.15) is 11.4 Å². The number of nitrogens with zero attached hydrogens (tertiary/aromatic N) is 4. The lowest BCUT2D eigenvalue weighted by Gasteiger charge is -2.35. The maximum atomic E-state index is 12.8. The molecule has 2 N–H and O–H groups in total. The van der Waals surface area contributed by atoms with Gasteiger partial charge in [-0.1, -0.05) is 6.42 Å². The van der Waals surface area contributed by atoms with Crippen LogP contribution < -0.4 is 4.90 Å². The van der Waals surface area contributed by atoms with Crippen LogP contribution in [0.25, 0.3) is 11.3 Å². The summed E-state index contributed by atoms with van der Waals surface area (Å²) in [5.74, 6) is 0.290. The summed E-state index contributed by atoms with van der Waals surface area (Å²) in [6.07, 6.45) is -1.16. The lowest BCUT2D eigenvalue weighted by molar-refractivity contribution is -0.137. The number of aliphatic hydroxyl groups is 1. The molecule has 2 fully saturated rings. The standard InChI is InChI=1S/C19H21F3N4O2/c1-10-16(13-6-5-12(9-15(13)28)19(20,21)22)24-25-18(23-10)26-8-7-11-3-2-4-14(27)17(11)26/h5-6,9,11,14,17,27-28H,2-4,7-8H2,1H3/t11-,14-,17+/m0/s1. The van der Waals surface area contributed by atoms with Gasteiger partial charge in [0.05, 0.1) is 23.4 Å². The summed E-state index contributed by atoms with van der Waals surface area (Å²) in [4.78, 5) is 6.45. The molecule has 0 bridgehead atoms. The molecule has 6 nitrogen and oxygen atoms in total. The Labute approximate surface area is 160 Å². The average molecular weight is 394 g/mol. The normalized spacial score (nSPS) is 25.0. The number of rotatable bonds is 2. The monoisotopic (exact) mass is 394 g/mol. The first kappa shape index (κ1) is 18.9. The molecular formula is C19H21F3N4O2. The third kappa shape index (κ3) is 3.28. The van der Waals surface area contributed by atoms with Crippen molar-refractivity contribution in [3.8, 4) is 17.0 Å². The molecule has 2 aromatic rings. The molecule has 1 saturated heterocycles. The average Bonchev–Trinajstić information content (AvgIpc) is 3.07. The summed E-state index contributed by atoms with van der Waals surface area (Å²) in [5.41, 5.74) is -0.101. The number of aryl methyl sites for hydroxylation is 1. The van der Waals surface area contributed by atoms with Gasteiger partial charge in [0.25, 0.3) is 0 Å². The first-order chi connectivity index (χ1) is 13.3. The maximum absolute atomic E-state index is 12.8. The lowest BCUT2D eigenvalue weighted by atomic mass is 9.83. The molecule has 1 saturated carbocycles. The van der Waals surface area contributed by atoms with Crippen molar-refractivity contribution in [1.29, 1.82) is 0 Å². The molecule has 3 atom stereocenters. The largest absolute Gasteiger partial charge is 0.507 e. The SMILES string of the molecule is Cc1nc(N2CC[C@@H]3CCC[C@H](O)[C@@H]32)nnc1-c1ccc(C(F)(F)F)cc1O. The molecule has 0 spiro atoms. The fraction of sp³-hybridized carbons (Fsp3) is 0.526. The van der Waals surface area contributed by atoms with Crippen molar-refractivity contribution < 1.29 is 23.4 Å². The highest BCUT2D eigenvalue weighted by Crippen LogP contribution is 2.39. The maximum Gasteiger partial charge on any atom is 0.416 e. The van der Waals surface area contributed by atoms with Crippen molar-refractivity contribution in [2.24, 2.45) is 5.92 Å². The summed E-state index contributed by atoms with van der Waals surface area (Å²) >= 11 is 0. The number of fused-ring (bicyclic) bond motifs is 1. The zero-order chi connectivity index (χ0) is 20.1. The molecule has 0 unspecified atom stereocenters. The fourth-order valence-electron chi connectivity index (χ4n) is 4.38. The summed E-state index contributed by atoms with van der Waals surface area (Å²) in [7, 11) is 0. The molecule has 9 heteroatoms. The fourth-order valence-corrected chi connectivity index (χ4v) is 4.38. The molecule has 150 valence electrons. The van der Waals surface area contributed by atoms with Crippen LogP contribution in [0.4, 0.5) is 19.1 Å². The van der Waals surface area contributed by atoms with E-state index in [0.29, 0.717) is 23.6 Å². The van der Waals surface area contributed by atoms with Crippen molar-refractivity contribution in [3.63, 3.8) is 0 Å². The number of hydrogen-bond acceptors (Lipinski definition) is 6. The van der Waals surface area contributed by atoms with Crippen molar-refractivity contribution in [1.82, 2.24) is 15.2 Å². The van der Waals surface area contributed by atoms with Gasteiger partial charge in [0.2, 0.25) is 5.95 Å². The molecule has 1 aliphatic heterocycles. The molecule has 2 heterocycles. The molecule has 1 aromatic carbocycles. The number of phenols is 1. The predicted octanol–water partition coefficient (Wildman–Crippen LogP) is 3.31. The van der Waals surface area contributed by atoms with Gasteiger partial charge in [-0.25, -0.2) is 4.98 Å². The smallest absolute Gasteiger partial charge is 0.416 e. The highest BCUT2D eigenvalue weighted by atomic mass is 19.4. The Kier molecular flexibility index (Phi) is 4.65. The van der Waals surface area contributed by atoms with Crippen LogP contribution in [0.5, 0.6) is 5.75 Å². The second-order valence-electron chi connectivity index (χ2n) is 7.51. The molecule has 2 aliphatic rings. The number of alkyl halides is 3. The minimum atomic E-state index is -4.54. The Morgan fingerprint density at radius 3 is 2.61 bits per heavy atom. The summed E-state index contributed by atoms with van der Waals surface area (Å²) in [6, 6.07) is 2.72. The van der Waals surface area contributed by atoms with Gasteiger partial charge in [0.15, 0.2) is 0 Å². The Morgan fingerprint density at radius 2 is 1.93 bits per heavy atom. The van der Waals surface area contributed by atoms with Crippen molar-refractivity contribution in [3.05, 3.63) is 29.5 Å². The van der Waals surface area contributed by atoms with Crippen LogP contribution in [0.2, 0.25) is 0 Å². The highest BCUT2D eigenvalue weighted by molar-refractivity contribution is 5.69. The van der Waals surface area contributed by atoms with E-state index < -0.39 is 23.6 Å². The van der Waals surface area contributed by atoms with E-state index >= 15 is 0 Å². The number of phenolic OH excluding ortho intramolecular Hbond substituents is 1. The Bertz CT molecular complexity index is 890. The Hall–Kier alpha value is -2.42. The van der Waals surface area contributed by atoms with E-state index in [1.54, 1.807) is 6.92 Å². The van der Waals surface area contributed by atoms with Crippen LogP contribution >= 0.6 is 0 Å². The van der Waals surface area contributed by atoms with Gasteiger partial charge >= 0.3 is 6.18 Å². The molecule has 1 aliphatic carbocycles. The molecule has 4 rings (SSSR count). The van der Waals surface area contributed by atoms with Gasteiger partial charge in [-0.15, -0.1) is 10.2 Å². The van der Waals surface area contributed by atoms with E-state index in [1.807, 2.05) is 4.90 Å². The lowest BCUT2D eigenvalue weighted by Crippen LogP contribution is -2.45. The minimum absolute atomic E-state index is 0.0275. The predicted molar refractivity (Wildman–Crippen MR) is 95.8 cm³/mol. The number of anilines is 1. The first-order valence-corrected chi connectivity index (χ1v) is 9.32. The molecular weight excluding hydrogens is 373 g/mol. The van der Waals surface area contributed by atoms with Gasteiger partial charge in [-0.3, -0.25) is 0 Å². The first-order valence-electron chi connectivity index (χ1n) is 9.32. The van der Waals surface area contributed by atoms with Crippen LogP contribution in [0.15, 0.2) is 18.2 Å². The van der Waals surface area contributed by atoms with E-state index in [1.165, 1.54) is 6.07 Å². The van der Waals surface area contributed by atoms with Crippen molar-refractivity contribution >= 4 is 5.95 Å². The van der Waals surface area contributed by atoms with Crippen LogP contribution in [-0.2, 0) is 6.18 Å². The Morgan fingerprint density at radius 1 is 1.14 bits per heavy atom. The van der Waals surface area contributed by atoms with Crippen LogP contribution in [0.3, 0.4) is 0 Å². The third-order valence-electron chi connectivity index (χ3n) is 5.74. The summed E-state index contributed by atoms with van der Waals surface area (Å²) < 4.78 is 38.4. The minimum Gasteiger partial charge on any atom is -0.507 e. The molecule has 0 radical (unpaired) electrons. The second-order valence-corrected chi connectivity index (χ2v) is 7.51. The van der Waals surface area contributed by atoms with E-state index in [0.717, 1.165) is 38.3 Å². The number of halogens is 3. The van der Waals surface area contributed by atoms with E-state index in [9.17, 15) is 23.4 Å². The molecule has 28 heavy (non-hydrogen) atoms. The number of benzene rings is 1. The number of aromatic nitrogens is 3. The summed E-state index contributed by atoms with van der Waals surface area (Å²) in [5, 5.41) is 28.7. The molecule has 1 aromatic heterocycles. The highest BCUT2D eigenvalue weighted by Gasteiger charge is 2.42. The number of hydrogen-bond donors (Lipinski definition) is 2. The van der Waals surface area contributed by atoms with Crippen LogP contribution in [-0.4, -0.2) is 44.1 Å². The number of aliphatic hydroxyl groups excluding tert-OH is 1. The molecule has 0 amide bonds. The van der Waals surface area contributed by atoms with E-state index in [4.69, 9.17) is 0 Å². The third-order valence-corrected chi connectivity index (χ3v) is 5.74. The number of aromatic hydroxyl groups is 1. The quantitative estimate of drug-likeness (QED) is 0.813. The van der Waals surface area contributed by atoms with Crippen molar-refractivity contribution in [2.45, 2.75) is 50.9 Å². The zero-order valence-corrected chi connectivity index (χ0v) is 15.3. The van der Waals surface area contributed by atoms with Gasteiger partial charge in [-0.05, 0) is 50.3 Å². The van der Waals surface area contributed by atoms with Crippen LogP contribution in [0, 0.1) is 12.8 Å². The van der Waals surface area contributed by atoms with Gasteiger partial charge in [-0.2, -0.15) is 13.2 Å². The van der Waals surface area contributed by atoms with Gasteiger partial charge in [0, 0.05) is 12.1 Å². The zero-order valence-electron chi connectivity index (χ0n) is 15.3.